The average molecular weight is 271 g/mol. The van der Waals surface area contributed by atoms with E-state index in [0.717, 1.165) is 10.9 Å². The zero-order valence-corrected chi connectivity index (χ0v) is 10.9. The van der Waals surface area contributed by atoms with Crippen LogP contribution in [0.2, 0.25) is 5.02 Å². The normalized spacial score (nSPS) is 10.8. The molecule has 0 amide bonds. The summed E-state index contributed by atoms with van der Waals surface area (Å²) in [4.78, 5) is 12.0. The summed E-state index contributed by atoms with van der Waals surface area (Å²) >= 11 is 6.34. The number of para-hydroxylation sites is 1. The maximum absolute atomic E-state index is 12.0. The fourth-order valence-corrected chi connectivity index (χ4v) is 2.40. The Morgan fingerprint density at radius 3 is 2.42 bits per heavy atom. The van der Waals surface area contributed by atoms with Gasteiger partial charge < -0.3 is 4.42 Å². The van der Waals surface area contributed by atoms with Crippen LogP contribution in [0.25, 0.3) is 11.0 Å². The third-order valence-electron chi connectivity index (χ3n) is 3.06. The molecule has 0 N–H and O–H groups in total. The molecule has 0 saturated carbocycles. The van der Waals surface area contributed by atoms with Gasteiger partial charge in [0, 0.05) is 11.8 Å². The molecule has 2 nitrogen and oxygen atoms in total. The van der Waals surface area contributed by atoms with Gasteiger partial charge in [-0.1, -0.05) is 54.1 Å². The first-order valence-corrected chi connectivity index (χ1v) is 6.37. The summed E-state index contributed by atoms with van der Waals surface area (Å²) < 4.78 is 5.31. The minimum atomic E-state index is -0.368. The van der Waals surface area contributed by atoms with Gasteiger partial charge in [0.15, 0.2) is 0 Å². The van der Waals surface area contributed by atoms with Gasteiger partial charge in [0.2, 0.25) is 0 Å². The second kappa shape index (κ2) is 4.90. The van der Waals surface area contributed by atoms with E-state index >= 15 is 0 Å². The third-order valence-corrected chi connectivity index (χ3v) is 3.49. The Balaban J connectivity index is 2.16. The summed E-state index contributed by atoms with van der Waals surface area (Å²) in [5.41, 5.74) is 1.69. The van der Waals surface area contributed by atoms with Crippen LogP contribution in [-0.2, 0) is 6.42 Å². The van der Waals surface area contributed by atoms with Crippen molar-refractivity contribution in [3.05, 3.63) is 81.2 Å². The topological polar surface area (TPSA) is 30.2 Å². The molecule has 0 bridgehead atoms. The summed E-state index contributed by atoms with van der Waals surface area (Å²) in [6.45, 7) is 0. The van der Waals surface area contributed by atoms with Crippen molar-refractivity contribution in [3.63, 3.8) is 0 Å². The summed E-state index contributed by atoms with van der Waals surface area (Å²) in [6, 6.07) is 17.0. The van der Waals surface area contributed by atoms with Crippen molar-refractivity contribution in [2.45, 2.75) is 6.42 Å². The number of benzene rings is 2. The van der Waals surface area contributed by atoms with Gasteiger partial charge in [-0.15, -0.1) is 0 Å². The van der Waals surface area contributed by atoms with Crippen LogP contribution in [0.15, 0.2) is 63.8 Å². The van der Waals surface area contributed by atoms with Crippen LogP contribution in [0.4, 0.5) is 0 Å². The van der Waals surface area contributed by atoms with E-state index in [1.54, 1.807) is 6.07 Å². The van der Waals surface area contributed by atoms with E-state index in [4.69, 9.17) is 16.0 Å². The van der Waals surface area contributed by atoms with Crippen molar-refractivity contribution in [1.29, 1.82) is 0 Å². The molecule has 0 radical (unpaired) electrons. The van der Waals surface area contributed by atoms with Gasteiger partial charge in [0.1, 0.15) is 5.58 Å². The molecule has 94 valence electrons. The molecule has 3 rings (SSSR count). The van der Waals surface area contributed by atoms with Crippen LogP contribution in [-0.4, -0.2) is 0 Å². The highest BCUT2D eigenvalue weighted by Crippen LogP contribution is 2.26. The summed E-state index contributed by atoms with van der Waals surface area (Å²) in [7, 11) is 0. The maximum Gasteiger partial charge on any atom is 0.341 e. The monoisotopic (exact) mass is 270 g/mol. The zero-order chi connectivity index (χ0) is 13.2. The molecular weight excluding hydrogens is 260 g/mol. The summed E-state index contributed by atoms with van der Waals surface area (Å²) in [5.74, 6) is 0. The Hall–Kier alpha value is -2.06. The number of fused-ring (bicyclic) bond motifs is 1. The molecule has 0 atom stereocenters. The highest BCUT2D eigenvalue weighted by atomic mass is 35.5. The van der Waals surface area contributed by atoms with Crippen LogP contribution in [0.3, 0.4) is 0 Å². The van der Waals surface area contributed by atoms with Crippen molar-refractivity contribution in [3.8, 4) is 0 Å². The molecule has 19 heavy (non-hydrogen) atoms. The fourth-order valence-electron chi connectivity index (χ4n) is 2.10. The molecule has 2 aromatic carbocycles. The third kappa shape index (κ3) is 2.27. The summed E-state index contributed by atoms with van der Waals surface area (Å²) in [6.07, 6.45) is 0.479. The lowest BCUT2D eigenvalue weighted by Gasteiger charge is -2.06. The Morgan fingerprint density at radius 1 is 0.947 bits per heavy atom. The number of rotatable bonds is 2. The molecule has 3 heteroatoms. The molecule has 1 heterocycles. The molecule has 0 spiro atoms. The van der Waals surface area contributed by atoms with Crippen molar-refractivity contribution < 1.29 is 4.42 Å². The van der Waals surface area contributed by atoms with E-state index in [-0.39, 0.29) is 5.63 Å². The number of hydrogen-bond donors (Lipinski definition) is 0. The predicted octanol–water partition coefficient (Wildman–Crippen LogP) is 4.04. The SMILES string of the molecule is O=c1oc2ccccc2c(Cl)c1Cc1ccccc1. The fraction of sp³-hybridized carbons (Fsp3) is 0.0625. The van der Waals surface area contributed by atoms with Crippen LogP contribution in [0.1, 0.15) is 11.1 Å². The Labute approximate surface area is 115 Å². The highest BCUT2D eigenvalue weighted by molar-refractivity contribution is 6.36. The van der Waals surface area contributed by atoms with Crippen molar-refractivity contribution in [2.24, 2.45) is 0 Å². The van der Waals surface area contributed by atoms with Gasteiger partial charge in [-0.25, -0.2) is 4.79 Å². The van der Waals surface area contributed by atoms with Gasteiger partial charge in [-0.05, 0) is 17.7 Å². The van der Waals surface area contributed by atoms with Crippen LogP contribution in [0.5, 0.6) is 0 Å². The molecule has 0 saturated heterocycles. The van der Waals surface area contributed by atoms with E-state index in [1.807, 2.05) is 48.5 Å². The lowest BCUT2D eigenvalue weighted by Crippen LogP contribution is -2.09. The Morgan fingerprint density at radius 2 is 1.63 bits per heavy atom. The highest BCUT2D eigenvalue weighted by Gasteiger charge is 2.12. The Bertz CT molecular complexity index is 776. The first kappa shape index (κ1) is 12.0. The van der Waals surface area contributed by atoms with Crippen LogP contribution in [0, 0.1) is 0 Å². The first-order valence-electron chi connectivity index (χ1n) is 6.00. The molecule has 0 aliphatic carbocycles. The first-order chi connectivity index (χ1) is 9.25. The molecule has 0 aliphatic rings. The van der Waals surface area contributed by atoms with Crippen LogP contribution >= 0.6 is 11.6 Å². The molecule has 0 fully saturated rings. The standard InChI is InChI=1S/C16H11ClO2/c17-15-12-8-4-5-9-14(12)19-16(18)13(15)10-11-6-2-1-3-7-11/h1-9H,10H2. The minimum Gasteiger partial charge on any atom is -0.422 e. The lowest BCUT2D eigenvalue weighted by atomic mass is 10.1. The van der Waals surface area contributed by atoms with E-state index < -0.39 is 0 Å². The number of hydrogen-bond acceptors (Lipinski definition) is 2. The second-order valence-corrected chi connectivity index (χ2v) is 4.72. The van der Waals surface area contributed by atoms with E-state index in [2.05, 4.69) is 0 Å². The quantitative estimate of drug-likeness (QED) is 0.658. The van der Waals surface area contributed by atoms with Gasteiger partial charge >= 0.3 is 5.63 Å². The van der Waals surface area contributed by atoms with Crippen molar-refractivity contribution >= 4 is 22.6 Å². The molecular formula is C16H11ClO2. The molecule has 1 aromatic heterocycles. The van der Waals surface area contributed by atoms with Crippen LogP contribution < -0.4 is 5.63 Å². The minimum absolute atomic E-state index is 0.368. The van der Waals surface area contributed by atoms with E-state index in [9.17, 15) is 4.79 Å². The van der Waals surface area contributed by atoms with Gasteiger partial charge in [0.25, 0.3) is 0 Å². The maximum atomic E-state index is 12.0. The smallest absolute Gasteiger partial charge is 0.341 e. The number of halogens is 1. The molecule has 3 aromatic rings. The van der Waals surface area contributed by atoms with Gasteiger partial charge in [-0.2, -0.15) is 0 Å². The Kier molecular flexibility index (Phi) is 3.10. The van der Waals surface area contributed by atoms with Gasteiger partial charge in [-0.3, -0.25) is 0 Å². The largest absolute Gasteiger partial charge is 0.422 e. The van der Waals surface area contributed by atoms with Gasteiger partial charge in [0.05, 0.1) is 10.6 Å². The molecule has 0 unspecified atom stereocenters. The zero-order valence-electron chi connectivity index (χ0n) is 10.1. The average Bonchev–Trinajstić information content (AvgIpc) is 2.45. The summed E-state index contributed by atoms with van der Waals surface area (Å²) in [5, 5.41) is 1.26. The van der Waals surface area contributed by atoms with Crippen molar-refractivity contribution in [2.75, 3.05) is 0 Å². The van der Waals surface area contributed by atoms with E-state index in [0.29, 0.717) is 22.6 Å². The van der Waals surface area contributed by atoms with E-state index in [1.165, 1.54) is 0 Å². The second-order valence-electron chi connectivity index (χ2n) is 4.34. The van der Waals surface area contributed by atoms with Crippen molar-refractivity contribution in [1.82, 2.24) is 0 Å². The lowest BCUT2D eigenvalue weighted by molar-refractivity contribution is 0.552. The molecule has 0 aliphatic heterocycles. The predicted molar refractivity (Wildman–Crippen MR) is 76.7 cm³/mol.